The fourth-order valence-corrected chi connectivity index (χ4v) is 4.29. The molecule has 1 amide bonds. The van der Waals surface area contributed by atoms with E-state index in [4.69, 9.17) is 0 Å². The molecule has 0 unspecified atom stereocenters. The van der Waals surface area contributed by atoms with Gasteiger partial charge in [0.05, 0.1) is 5.75 Å². The first-order valence-corrected chi connectivity index (χ1v) is 13.9. The summed E-state index contributed by atoms with van der Waals surface area (Å²) in [6.07, 6.45) is -0.449. The lowest BCUT2D eigenvalue weighted by Gasteiger charge is -2.17. The van der Waals surface area contributed by atoms with Gasteiger partial charge in [-0.05, 0) is 56.0 Å². The van der Waals surface area contributed by atoms with Gasteiger partial charge >= 0.3 is 6.18 Å². The molecule has 1 fully saturated rings. The Morgan fingerprint density at radius 1 is 1.10 bits per heavy atom. The first kappa shape index (κ1) is 28.1. The SMILES string of the molecule is CCS(=O)(=O)Nc1ncccc1CNc1nc(Nc2ccc(C(=O)N(C)CC3CC3)cc2)ncc1C(F)(F)F. The Labute approximate surface area is 224 Å². The van der Waals surface area contributed by atoms with E-state index in [2.05, 4.69) is 30.3 Å². The molecule has 4 rings (SSSR count). The lowest BCUT2D eigenvalue weighted by atomic mass is 10.2. The lowest BCUT2D eigenvalue weighted by Crippen LogP contribution is -2.28. The number of hydrogen-bond acceptors (Lipinski definition) is 8. The topological polar surface area (TPSA) is 129 Å². The number of carbonyl (C=O) groups excluding carboxylic acids is 1. The Hall–Kier alpha value is -3.94. The number of alkyl halides is 3. The molecule has 10 nitrogen and oxygen atoms in total. The molecule has 2 heterocycles. The highest BCUT2D eigenvalue weighted by atomic mass is 32.2. The van der Waals surface area contributed by atoms with Crippen molar-refractivity contribution >= 4 is 39.2 Å². The van der Waals surface area contributed by atoms with E-state index in [-0.39, 0.29) is 30.0 Å². The average Bonchev–Trinajstić information content (AvgIpc) is 3.71. The summed E-state index contributed by atoms with van der Waals surface area (Å²) in [6.45, 7) is 1.96. The second kappa shape index (κ2) is 11.4. The molecule has 3 N–H and O–H groups in total. The molecule has 14 heteroatoms. The van der Waals surface area contributed by atoms with Crippen LogP contribution in [-0.4, -0.2) is 53.5 Å². The van der Waals surface area contributed by atoms with Gasteiger partial charge in [0.25, 0.3) is 5.91 Å². The molecule has 39 heavy (non-hydrogen) atoms. The second-order valence-electron chi connectivity index (χ2n) is 9.16. The number of aromatic nitrogens is 3. The standard InChI is InChI=1S/C25H28F3N7O3S/c1-3-39(37,38)34-21-18(5-4-12-29-21)13-30-22-20(25(26,27)28)14-31-24(33-22)32-19-10-8-17(9-11-19)23(36)35(2)15-16-6-7-16/h4-5,8-12,14,16H,3,6-7,13,15H2,1-2H3,(H,29,34)(H2,30,31,32,33). The minimum atomic E-state index is -4.74. The lowest BCUT2D eigenvalue weighted by molar-refractivity contribution is -0.137. The normalized spacial score (nSPS) is 13.6. The van der Waals surface area contributed by atoms with Crippen LogP contribution in [0.1, 0.15) is 41.3 Å². The van der Waals surface area contributed by atoms with Crippen molar-refractivity contribution in [1.82, 2.24) is 19.9 Å². The zero-order valence-electron chi connectivity index (χ0n) is 21.3. The van der Waals surface area contributed by atoms with Crippen LogP contribution in [-0.2, 0) is 22.7 Å². The third-order valence-electron chi connectivity index (χ3n) is 6.03. The van der Waals surface area contributed by atoms with Gasteiger partial charge in [-0.1, -0.05) is 6.07 Å². The van der Waals surface area contributed by atoms with Crippen LogP contribution >= 0.6 is 0 Å². The van der Waals surface area contributed by atoms with Crippen LogP contribution in [0.3, 0.4) is 0 Å². The molecule has 0 saturated heterocycles. The summed E-state index contributed by atoms with van der Waals surface area (Å²) in [5.41, 5.74) is 0.200. The Kier molecular flexibility index (Phi) is 8.23. The Bertz CT molecular complexity index is 1430. The molecule has 0 spiro atoms. The van der Waals surface area contributed by atoms with Gasteiger partial charge in [-0.3, -0.25) is 9.52 Å². The maximum Gasteiger partial charge on any atom is 0.421 e. The van der Waals surface area contributed by atoms with Gasteiger partial charge in [-0.15, -0.1) is 0 Å². The van der Waals surface area contributed by atoms with Gasteiger partial charge in [0.1, 0.15) is 17.2 Å². The zero-order chi connectivity index (χ0) is 28.2. The molecular weight excluding hydrogens is 535 g/mol. The van der Waals surface area contributed by atoms with Gasteiger partial charge in [0, 0.05) is 49.3 Å². The summed E-state index contributed by atoms with van der Waals surface area (Å²) in [7, 11) is -1.89. The minimum Gasteiger partial charge on any atom is -0.365 e. The smallest absolute Gasteiger partial charge is 0.365 e. The Morgan fingerprint density at radius 2 is 1.82 bits per heavy atom. The highest BCUT2D eigenvalue weighted by Crippen LogP contribution is 2.34. The van der Waals surface area contributed by atoms with E-state index in [1.807, 2.05) is 0 Å². The number of nitrogens with zero attached hydrogens (tertiary/aromatic N) is 4. The van der Waals surface area contributed by atoms with Crippen molar-refractivity contribution in [2.24, 2.45) is 5.92 Å². The van der Waals surface area contributed by atoms with Crippen LogP contribution in [0.2, 0.25) is 0 Å². The summed E-state index contributed by atoms with van der Waals surface area (Å²) < 4.78 is 67.3. The highest BCUT2D eigenvalue weighted by Gasteiger charge is 2.35. The number of halogens is 3. The van der Waals surface area contributed by atoms with Crippen molar-refractivity contribution < 1.29 is 26.4 Å². The number of amides is 1. The number of hydrogen-bond donors (Lipinski definition) is 3. The number of sulfonamides is 1. The highest BCUT2D eigenvalue weighted by molar-refractivity contribution is 7.92. The van der Waals surface area contributed by atoms with Gasteiger partial charge in [0.15, 0.2) is 0 Å². The van der Waals surface area contributed by atoms with E-state index >= 15 is 0 Å². The van der Waals surface area contributed by atoms with E-state index in [0.717, 1.165) is 12.8 Å². The van der Waals surface area contributed by atoms with E-state index in [1.165, 1.54) is 25.3 Å². The number of benzene rings is 1. The van der Waals surface area contributed by atoms with Crippen LogP contribution in [0.5, 0.6) is 0 Å². The van der Waals surface area contributed by atoms with Crippen LogP contribution in [0, 0.1) is 5.92 Å². The summed E-state index contributed by atoms with van der Waals surface area (Å²) >= 11 is 0. The number of carbonyl (C=O) groups is 1. The van der Waals surface area contributed by atoms with Crippen molar-refractivity contribution in [2.75, 3.05) is 34.7 Å². The van der Waals surface area contributed by atoms with Gasteiger partial charge < -0.3 is 15.5 Å². The summed E-state index contributed by atoms with van der Waals surface area (Å²) in [4.78, 5) is 26.1. The number of anilines is 4. The summed E-state index contributed by atoms with van der Waals surface area (Å²) in [5, 5.41) is 5.48. The molecular formula is C25H28F3N7O3S. The monoisotopic (exact) mass is 563 g/mol. The predicted molar refractivity (Wildman–Crippen MR) is 141 cm³/mol. The Morgan fingerprint density at radius 3 is 2.46 bits per heavy atom. The quantitative estimate of drug-likeness (QED) is 0.311. The summed E-state index contributed by atoms with van der Waals surface area (Å²) in [5.74, 6) is -0.339. The molecule has 3 aromatic rings. The molecule has 0 radical (unpaired) electrons. The van der Waals surface area contributed by atoms with E-state index in [9.17, 15) is 26.4 Å². The molecule has 2 aromatic heterocycles. The van der Waals surface area contributed by atoms with Crippen molar-refractivity contribution in [3.05, 3.63) is 65.5 Å². The molecule has 1 aromatic carbocycles. The summed E-state index contributed by atoms with van der Waals surface area (Å²) in [6, 6.07) is 9.56. The van der Waals surface area contributed by atoms with Crippen LogP contribution in [0.15, 0.2) is 48.8 Å². The minimum absolute atomic E-state index is 0.00484. The van der Waals surface area contributed by atoms with E-state index in [1.54, 1.807) is 36.2 Å². The second-order valence-corrected chi connectivity index (χ2v) is 11.2. The van der Waals surface area contributed by atoms with Crippen molar-refractivity contribution in [2.45, 2.75) is 32.5 Å². The largest absolute Gasteiger partial charge is 0.421 e. The number of pyridine rings is 1. The van der Waals surface area contributed by atoms with Crippen molar-refractivity contribution in [3.63, 3.8) is 0 Å². The molecule has 0 aliphatic heterocycles. The van der Waals surface area contributed by atoms with Crippen molar-refractivity contribution in [1.29, 1.82) is 0 Å². The molecule has 1 aliphatic carbocycles. The number of nitrogens with one attached hydrogen (secondary N) is 3. The Balaban J connectivity index is 1.50. The fourth-order valence-electron chi connectivity index (χ4n) is 3.67. The van der Waals surface area contributed by atoms with Crippen LogP contribution < -0.4 is 15.4 Å². The van der Waals surface area contributed by atoms with Gasteiger partial charge in [-0.25, -0.2) is 18.4 Å². The maximum atomic E-state index is 13.7. The zero-order valence-corrected chi connectivity index (χ0v) is 22.1. The van der Waals surface area contributed by atoms with Crippen LogP contribution in [0.25, 0.3) is 0 Å². The van der Waals surface area contributed by atoms with E-state index in [0.29, 0.717) is 35.5 Å². The third kappa shape index (κ3) is 7.56. The van der Waals surface area contributed by atoms with Crippen molar-refractivity contribution in [3.8, 4) is 0 Å². The molecule has 1 saturated carbocycles. The molecule has 1 aliphatic rings. The van der Waals surface area contributed by atoms with Crippen LogP contribution in [0.4, 0.5) is 36.4 Å². The third-order valence-corrected chi connectivity index (χ3v) is 7.29. The molecule has 0 atom stereocenters. The number of rotatable bonds is 11. The molecule has 208 valence electrons. The fraction of sp³-hybridized carbons (Fsp3) is 0.360. The first-order valence-electron chi connectivity index (χ1n) is 12.2. The first-order chi connectivity index (χ1) is 18.4. The van der Waals surface area contributed by atoms with Gasteiger partial charge in [-0.2, -0.15) is 18.2 Å². The average molecular weight is 564 g/mol. The van der Waals surface area contributed by atoms with E-state index < -0.39 is 27.6 Å². The van der Waals surface area contributed by atoms with Gasteiger partial charge in [0.2, 0.25) is 16.0 Å². The maximum absolute atomic E-state index is 13.7. The predicted octanol–water partition coefficient (Wildman–Crippen LogP) is 4.49. The molecule has 0 bridgehead atoms.